The summed E-state index contributed by atoms with van der Waals surface area (Å²) in [6, 6.07) is 14.0. The highest BCUT2D eigenvalue weighted by atomic mass is 19.1. The average Bonchev–Trinajstić information content (AvgIpc) is 2.60. The third kappa shape index (κ3) is 4.31. The van der Waals surface area contributed by atoms with E-state index in [2.05, 4.69) is 0 Å². The fourth-order valence-corrected chi connectivity index (χ4v) is 1.86. The van der Waals surface area contributed by atoms with Crippen LogP contribution in [0.1, 0.15) is 23.6 Å². The number of esters is 1. The van der Waals surface area contributed by atoms with Gasteiger partial charge in [0.2, 0.25) is 0 Å². The summed E-state index contributed by atoms with van der Waals surface area (Å²) in [7, 11) is 0. The Labute approximate surface area is 138 Å². The van der Waals surface area contributed by atoms with E-state index in [1.54, 1.807) is 24.3 Å². The van der Waals surface area contributed by atoms with Crippen LogP contribution in [0.3, 0.4) is 0 Å². The first kappa shape index (κ1) is 17.0. The van der Waals surface area contributed by atoms with Crippen molar-refractivity contribution in [3.8, 4) is 17.9 Å². The van der Waals surface area contributed by atoms with E-state index in [0.717, 1.165) is 6.07 Å². The second-order valence-corrected chi connectivity index (χ2v) is 4.92. The number of ether oxygens (including phenoxy) is 2. The van der Waals surface area contributed by atoms with Gasteiger partial charge in [0.1, 0.15) is 18.2 Å². The van der Waals surface area contributed by atoms with E-state index >= 15 is 0 Å². The third-order valence-corrected chi connectivity index (χ3v) is 3.18. The second-order valence-electron chi connectivity index (χ2n) is 4.92. The van der Waals surface area contributed by atoms with E-state index in [4.69, 9.17) is 20.0 Å². The van der Waals surface area contributed by atoms with Gasteiger partial charge < -0.3 is 9.47 Å². The minimum absolute atomic E-state index is 0.174. The zero-order valence-corrected chi connectivity index (χ0v) is 12.8. The highest BCUT2D eigenvalue weighted by Gasteiger charge is 2.17. The fourth-order valence-electron chi connectivity index (χ4n) is 1.86. The van der Waals surface area contributed by atoms with Crippen molar-refractivity contribution in [2.24, 2.45) is 0 Å². The Kier molecular flexibility index (Phi) is 5.49. The molecule has 0 bridgehead atoms. The van der Waals surface area contributed by atoms with Gasteiger partial charge in [-0.3, -0.25) is 0 Å². The van der Waals surface area contributed by atoms with E-state index in [1.807, 2.05) is 12.1 Å². The number of carbonyl (C=O) groups excluding carboxylic acids is 1. The largest absolute Gasteiger partial charge is 0.479 e. The third-order valence-electron chi connectivity index (χ3n) is 3.18. The van der Waals surface area contributed by atoms with Crippen LogP contribution in [0.2, 0.25) is 0 Å². The Morgan fingerprint density at radius 2 is 1.75 bits per heavy atom. The van der Waals surface area contributed by atoms with Crippen LogP contribution in [0.25, 0.3) is 0 Å². The number of hydrogen-bond acceptors (Lipinski definition) is 5. The van der Waals surface area contributed by atoms with Crippen LogP contribution in [0, 0.1) is 28.5 Å². The summed E-state index contributed by atoms with van der Waals surface area (Å²) in [4.78, 5) is 11.9. The van der Waals surface area contributed by atoms with Crippen LogP contribution in [0.4, 0.5) is 4.39 Å². The van der Waals surface area contributed by atoms with Crippen molar-refractivity contribution in [2.75, 3.05) is 0 Å². The lowest BCUT2D eigenvalue weighted by atomic mass is 10.1. The number of hydrogen-bond donors (Lipinski definition) is 0. The summed E-state index contributed by atoms with van der Waals surface area (Å²) in [6.07, 6.45) is -0.889. The van der Waals surface area contributed by atoms with Gasteiger partial charge >= 0.3 is 5.97 Å². The maximum absolute atomic E-state index is 13.7. The van der Waals surface area contributed by atoms with E-state index in [0.29, 0.717) is 11.3 Å². The number of nitrogens with zero attached hydrogens (tertiary/aromatic N) is 2. The van der Waals surface area contributed by atoms with Gasteiger partial charge in [0, 0.05) is 5.56 Å². The van der Waals surface area contributed by atoms with Gasteiger partial charge in [-0.25, -0.2) is 9.18 Å². The predicted octanol–water partition coefficient (Wildman–Crippen LogP) is 3.08. The molecule has 2 aromatic rings. The molecule has 120 valence electrons. The number of carbonyl (C=O) groups is 1. The van der Waals surface area contributed by atoms with Gasteiger partial charge in [0.25, 0.3) is 0 Å². The molecule has 0 aromatic heterocycles. The van der Waals surface area contributed by atoms with Crippen molar-refractivity contribution >= 4 is 5.97 Å². The SMILES string of the molecule is C[C@H](Oc1ccc(C#N)cc1)C(=O)OCc1ccc(C#N)cc1F. The summed E-state index contributed by atoms with van der Waals surface area (Å²) in [6.45, 7) is 1.26. The molecule has 1 atom stereocenters. The predicted molar refractivity (Wildman–Crippen MR) is 82.2 cm³/mol. The Balaban J connectivity index is 1.92. The number of rotatable bonds is 5. The molecule has 0 aliphatic carbocycles. The highest BCUT2D eigenvalue weighted by Crippen LogP contribution is 2.15. The zero-order valence-electron chi connectivity index (χ0n) is 12.8. The van der Waals surface area contributed by atoms with Gasteiger partial charge in [-0.1, -0.05) is 6.07 Å². The molecule has 0 saturated heterocycles. The molecule has 0 aliphatic rings. The quantitative estimate of drug-likeness (QED) is 0.789. The Morgan fingerprint density at radius 3 is 2.33 bits per heavy atom. The minimum atomic E-state index is -0.889. The lowest BCUT2D eigenvalue weighted by Crippen LogP contribution is -2.26. The Hall–Kier alpha value is -3.38. The Morgan fingerprint density at radius 1 is 1.12 bits per heavy atom. The highest BCUT2D eigenvalue weighted by molar-refractivity contribution is 5.74. The molecule has 0 spiro atoms. The van der Waals surface area contributed by atoms with Gasteiger partial charge in [0.05, 0.1) is 23.3 Å². The minimum Gasteiger partial charge on any atom is -0.479 e. The normalized spacial score (nSPS) is 11.0. The van der Waals surface area contributed by atoms with Crippen molar-refractivity contribution in [2.45, 2.75) is 19.6 Å². The maximum atomic E-state index is 13.7. The average molecular weight is 324 g/mol. The first-order chi connectivity index (χ1) is 11.5. The van der Waals surface area contributed by atoms with Crippen LogP contribution in [0.5, 0.6) is 5.75 Å². The molecule has 0 aliphatic heterocycles. The van der Waals surface area contributed by atoms with Crippen LogP contribution in [-0.4, -0.2) is 12.1 Å². The van der Waals surface area contributed by atoms with Crippen LogP contribution in [-0.2, 0) is 16.1 Å². The molecular formula is C18H13FN2O3. The molecule has 0 heterocycles. The molecule has 0 radical (unpaired) electrons. The molecular weight excluding hydrogens is 311 g/mol. The van der Waals surface area contributed by atoms with E-state index in [1.165, 1.54) is 19.1 Å². The zero-order chi connectivity index (χ0) is 17.5. The molecule has 0 saturated carbocycles. The standard InChI is InChI=1S/C18H13FN2O3/c1-12(24-16-6-3-13(9-20)4-7-16)18(22)23-11-15-5-2-14(10-21)8-17(15)19/h2-8,12H,11H2,1H3/t12-/m0/s1. The first-order valence-electron chi connectivity index (χ1n) is 7.05. The summed E-state index contributed by atoms with van der Waals surface area (Å²) in [5.41, 5.74) is 0.849. The first-order valence-corrected chi connectivity index (χ1v) is 7.05. The molecule has 2 rings (SSSR count). The summed E-state index contributed by atoms with van der Waals surface area (Å²) in [5.74, 6) is -0.839. The van der Waals surface area contributed by atoms with E-state index in [-0.39, 0.29) is 17.7 Å². The lowest BCUT2D eigenvalue weighted by molar-refractivity contribution is -0.152. The van der Waals surface area contributed by atoms with Gasteiger partial charge in [-0.2, -0.15) is 10.5 Å². The van der Waals surface area contributed by atoms with Crippen LogP contribution in [0.15, 0.2) is 42.5 Å². The molecule has 24 heavy (non-hydrogen) atoms. The van der Waals surface area contributed by atoms with Gasteiger partial charge in [-0.15, -0.1) is 0 Å². The number of benzene rings is 2. The molecule has 0 unspecified atom stereocenters. The van der Waals surface area contributed by atoms with Gasteiger partial charge in [0.15, 0.2) is 6.10 Å². The van der Waals surface area contributed by atoms with Crippen molar-refractivity contribution in [1.82, 2.24) is 0 Å². The summed E-state index contributed by atoms with van der Waals surface area (Å²) >= 11 is 0. The molecule has 0 amide bonds. The second kappa shape index (κ2) is 7.75. The van der Waals surface area contributed by atoms with Gasteiger partial charge in [-0.05, 0) is 43.3 Å². The van der Waals surface area contributed by atoms with Crippen LogP contribution >= 0.6 is 0 Å². The fraction of sp³-hybridized carbons (Fsp3) is 0.167. The molecule has 6 heteroatoms. The molecule has 2 aromatic carbocycles. The van der Waals surface area contributed by atoms with Crippen molar-refractivity contribution in [1.29, 1.82) is 10.5 Å². The summed E-state index contributed by atoms with van der Waals surface area (Å²) < 4.78 is 24.1. The smallest absolute Gasteiger partial charge is 0.347 e. The summed E-state index contributed by atoms with van der Waals surface area (Å²) in [5, 5.41) is 17.4. The number of halogens is 1. The van der Waals surface area contributed by atoms with Crippen molar-refractivity contribution in [3.63, 3.8) is 0 Å². The monoisotopic (exact) mass is 324 g/mol. The number of nitriles is 2. The maximum Gasteiger partial charge on any atom is 0.347 e. The molecule has 0 N–H and O–H groups in total. The van der Waals surface area contributed by atoms with Crippen molar-refractivity contribution in [3.05, 3.63) is 65.0 Å². The topological polar surface area (TPSA) is 83.1 Å². The lowest BCUT2D eigenvalue weighted by Gasteiger charge is -2.14. The van der Waals surface area contributed by atoms with Crippen molar-refractivity contribution < 1.29 is 18.7 Å². The van der Waals surface area contributed by atoms with Crippen LogP contribution < -0.4 is 4.74 Å². The van der Waals surface area contributed by atoms with E-state index in [9.17, 15) is 9.18 Å². The van der Waals surface area contributed by atoms with E-state index < -0.39 is 17.9 Å². The molecule has 5 nitrogen and oxygen atoms in total. The molecule has 0 fully saturated rings. The Bertz CT molecular complexity index is 820.